The number of carbonyl (C=O) groups excluding carboxylic acids is 1. The number of amides is 1. The molecular weight excluding hydrogens is 360 g/mol. The summed E-state index contributed by atoms with van der Waals surface area (Å²) in [6.07, 6.45) is 7.81. The van der Waals surface area contributed by atoms with Crippen molar-refractivity contribution in [1.82, 2.24) is 14.9 Å². The van der Waals surface area contributed by atoms with Gasteiger partial charge in [-0.1, -0.05) is 56.0 Å². The molecule has 29 heavy (non-hydrogen) atoms. The highest BCUT2D eigenvalue weighted by molar-refractivity contribution is 5.77. The minimum atomic E-state index is 0.291. The standard InChI is InChI=1S/C24H32N4O/c1-3-27(2)24-20-17-28(22(29)14-13-18-9-7-8-10-18)16-15-21(20)25-23(26-24)19-11-5-4-6-12-19/h4-6,11-12,18H,3,7-10,13-17H2,1-2H3. The molecule has 2 heterocycles. The first-order chi connectivity index (χ1) is 14.2. The Morgan fingerprint density at radius 1 is 1.17 bits per heavy atom. The van der Waals surface area contributed by atoms with Gasteiger partial charge < -0.3 is 9.80 Å². The minimum absolute atomic E-state index is 0.291. The second kappa shape index (κ2) is 8.93. The van der Waals surface area contributed by atoms with E-state index < -0.39 is 0 Å². The summed E-state index contributed by atoms with van der Waals surface area (Å²) >= 11 is 0. The van der Waals surface area contributed by atoms with Gasteiger partial charge in [-0.2, -0.15) is 0 Å². The quantitative estimate of drug-likeness (QED) is 0.728. The zero-order valence-corrected chi connectivity index (χ0v) is 17.7. The topological polar surface area (TPSA) is 49.3 Å². The second-order valence-electron chi connectivity index (χ2n) is 8.43. The molecule has 0 bridgehead atoms. The maximum absolute atomic E-state index is 12.9. The molecule has 1 amide bonds. The van der Waals surface area contributed by atoms with Gasteiger partial charge in [-0.25, -0.2) is 9.97 Å². The van der Waals surface area contributed by atoms with Gasteiger partial charge in [0.15, 0.2) is 5.82 Å². The zero-order valence-electron chi connectivity index (χ0n) is 17.7. The van der Waals surface area contributed by atoms with E-state index in [1.807, 2.05) is 23.1 Å². The molecule has 0 atom stereocenters. The van der Waals surface area contributed by atoms with E-state index in [-0.39, 0.29) is 0 Å². The number of rotatable bonds is 6. The number of nitrogens with zero attached hydrogens (tertiary/aromatic N) is 4. The Morgan fingerprint density at radius 3 is 2.66 bits per heavy atom. The van der Waals surface area contributed by atoms with Gasteiger partial charge in [0.1, 0.15) is 5.82 Å². The first kappa shape index (κ1) is 19.9. The minimum Gasteiger partial charge on any atom is -0.360 e. The molecule has 0 saturated heterocycles. The van der Waals surface area contributed by atoms with Crippen molar-refractivity contribution in [3.05, 3.63) is 41.6 Å². The van der Waals surface area contributed by atoms with Gasteiger partial charge in [0.05, 0.1) is 12.2 Å². The van der Waals surface area contributed by atoms with Gasteiger partial charge in [0.25, 0.3) is 0 Å². The summed E-state index contributed by atoms with van der Waals surface area (Å²) in [5, 5.41) is 0. The highest BCUT2D eigenvalue weighted by atomic mass is 16.2. The molecule has 0 unspecified atom stereocenters. The molecule has 4 rings (SSSR count). The number of carbonyl (C=O) groups is 1. The largest absolute Gasteiger partial charge is 0.360 e. The summed E-state index contributed by atoms with van der Waals surface area (Å²) in [6.45, 7) is 4.39. The van der Waals surface area contributed by atoms with E-state index in [2.05, 4.69) is 31.0 Å². The number of fused-ring (bicyclic) bond motifs is 1. The summed E-state index contributed by atoms with van der Waals surface area (Å²) in [5.74, 6) is 2.79. The maximum atomic E-state index is 12.9. The molecule has 1 saturated carbocycles. The molecule has 5 nitrogen and oxygen atoms in total. The third-order valence-electron chi connectivity index (χ3n) is 6.50. The Balaban J connectivity index is 1.55. The lowest BCUT2D eigenvalue weighted by Gasteiger charge is -2.32. The fraction of sp³-hybridized carbons (Fsp3) is 0.542. The maximum Gasteiger partial charge on any atom is 0.222 e. The van der Waals surface area contributed by atoms with Gasteiger partial charge in [0.2, 0.25) is 5.91 Å². The van der Waals surface area contributed by atoms with Crippen LogP contribution >= 0.6 is 0 Å². The number of hydrogen-bond acceptors (Lipinski definition) is 4. The van der Waals surface area contributed by atoms with Crippen molar-refractivity contribution >= 4 is 11.7 Å². The van der Waals surface area contributed by atoms with Crippen LogP contribution in [0.3, 0.4) is 0 Å². The third kappa shape index (κ3) is 4.44. The average molecular weight is 393 g/mol. The van der Waals surface area contributed by atoms with Gasteiger partial charge in [-0.05, 0) is 19.3 Å². The predicted molar refractivity (Wildman–Crippen MR) is 117 cm³/mol. The Morgan fingerprint density at radius 2 is 1.93 bits per heavy atom. The molecule has 1 aliphatic heterocycles. The lowest BCUT2D eigenvalue weighted by molar-refractivity contribution is -0.132. The number of benzene rings is 1. The van der Waals surface area contributed by atoms with E-state index in [0.717, 1.165) is 60.3 Å². The van der Waals surface area contributed by atoms with Crippen LogP contribution < -0.4 is 4.90 Å². The zero-order chi connectivity index (χ0) is 20.2. The fourth-order valence-electron chi connectivity index (χ4n) is 4.58. The highest BCUT2D eigenvalue weighted by Crippen LogP contribution is 2.31. The molecule has 0 spiro atoms. The van der Waals surface area contributed by atoms with Crippen LogP contribution in [0, 0.1) is 5.92 Å². The van der Waals surface area contributed by atoms with E-state index in [1.165, 1.54) is 25.7 Å². The highest BCUT2D eigenvalue weighted by Gasteiger charge is 2.27. The van der Waals surface area contributed by atoms with Crippen molar-refractivity contribution in [3.63, 3.8) is 0 Å². The molecule has 5 heteroatoms. The van der Waals surface area contributed by atoms with Crippen molar-refractivity contribution in [3.8, 4) is 11.4 Å². The molecule has 1 aromatic carbocycles. The normalized spacial score (nSPS) is 16.7. The third-order valence-corrected chi connectivity index (χ3v) is 6.50. The van der Waals surface area contributed by atoms with Crippen molar-refractivity contribution in [2.45, 2.75) is 58.4 Å². The summed E-state index contributed by atoms with van der Waals surface area (Å²) in [7, 11) is 2.07. The molecule has 2 aromatic rings. The molecule has 2 aliphatic rings. The molecule has 1 aliphatic carbocycles. The van der Waals surface area contributed by atoms with Gasteiger partial charge in [-0.3, -0.25) is 4.79 Å². The van der Waals surface area contributed by atoms with E-state index in [4.69, 9.17) is 9.97 Å². The Kier molecular flexibility index (Phi) is 6.12. The number of anilines is 1. The summed E-state index contributed by atoms with van der Waals surface area (Å²) < 4.78 is 0. The van der Waals surface area contributed by atoms with Crippen LogP contribution in [-0.2, 0) is 17.8 Å². The monoisotopic (exact) mass is 392 g/mol. The van der Waals surface area contributed by atoms with E-state index in [9.17, 15) is 4.79 Å². The molecular formula is C24H32N4O. The molecule has 0 N–H and O–H groups in total. The summed E-state index contributed by atoms with van der Waals surface area (Å²) in [6, 6.07) is 10.2. The van der Waals surface area contributed by atoms with Crippen molar-refractivity contribution in [2.75, 3.05) is 25.0 Å². The molecule has 154 valence electrons. The Labute approximate surface area is 174 Å². The second-order valence-corrected chi connectivity index (χ2v) is 8.43. The Hall–Kier alpha value is -2.43. The van der Waals surface area contributed by atoms with Gasteiger partial charge in [0, 0.05) is 44.1 Å². The lowest BCUT2D eigenvalue weighted by atomic mass is 10.00. The predicted octanol–water partition coefficient (Wildman–Crippen LogP) is 4.45. The van der Waals surface area contributed by atoms with Crippen molar-refractivity contribution < 1.29 is 4.79 Å². The van der Waals surface area contributed by atoms with Crippen LogP contribution in [0.4, 0.5) is 5.82 Å². The smallest absolute Gasteiger partial charge is 0.222 e. The van der Waals surface area contributed by atoms with Crippen LogP contribution in [0.5, 0.6) is 0 Å². The van der Waals surface area contributed by atoms with Crippen molar-refractivity contribution in [2.24, 2.45) is 5.92 Å². The average Bonchev–Trinajstić information content (AvgIpc) is 3.30. The van der Waals surface area contributed by atoms with Gasteiger partial charge in [-0.15, -0.1) is 0 Å². The van der Waals surface area contributed by atoms with E-state index >= 15 is 0 Å². The van der Waals surface area contributed by atoms with Crippen LogP contribution in [0.2, 0.25) is 0 Å². The van der Waals surface area contributed by atoms with Crippen LogP contribution in [0.15, 0.2) is 30.3 Å². The number of hydrogen-bond donors (Lipinski definition) is 0. The van der Waals surface area contributed by atoms with Gasteiger partial charge >= 0.3 is 0 Å². The van der Waals surface area contributed by atoms with Crippen molar-refractivity contribution in [1.29, 1.82) is 0 Å². The lowest BCUT2D eigenvalue weighted by Crippen LogP contribution is -2.38. The summed E-state index contributed by atoms with van der Waals surface area (Å²) in [4.78, 5) is 26.9. The molecule has 1 aromatic heterocycles. The van der Waals surface area contributed by atoms with Crippen LogP contribution in [0.25, 0.3) is 11.4 Å². The molecule has 0 radical (unpaired) electrons. The van der Waals surface area contributed by atoms with E-state index in [1.54, 1.807) is 0 Å². The van der Waals surface area contributed by atoms with Crippen LogP contribution in [-0.4, -0.2) is 40.9 Å². The first-order valence-electron chi connectivity index (χ1n) is 11.1. The van der Waals surface area contributed by atoms with E-state index in [0.29, 0.717) is 18.9 Å². The Bertz CT molecular complexity index is 845. The summed E-state index contributed by atoms with van der Waals surface area (Å²) in [5.41, 5.74) is 3.25. The first-order valence-corrected chi connectivity index (χ1v) is 11.1. The number of aromatic nitrogens is 2. The molecule has 1 fully saturated rings. The van der Waals surface area contributed by atoms with Crippen LogP contribution in [0.1, 0.15) is 56.7 Å². The fourth-order valence-corrected chi connectivity index (χ4v) is 4.58. The SMILES string of the molecule is CCN(C)c1nc(-c2ccccc2)nc2c1CN(C(=O)CCC1CCCC1)CC2.